The van der Waals surface area contributed by atoms with Crippen molar-refractivity contribution in [3.05, 3.63) is 40.7 Å². The number of aryl methyl sites for hydroxylation is 1. The molecule has 0 fully saturated rings. The fourth-order valence-corrected chi connectivity index (χ4v) is 1.83. The van der Waals surface area contributed by atoms with Gasteiger partial charge in [-0.05, 0) is 24.6 Å². The highest BCUT2D eigenvalue weighted by atomic mass is 35.5. The Hall–Kier alpha value is -1.95. The first-order chi connectivity index (χ1) is 9.02. The van der Waals surface area contributed by atoms with Gasteiger partial charge >= 0.3 is 5.97 Å². The maximum absolute atomic E-state index is 13.8. The van der Waals surface area contributed by atoms with E-state index in [2.05, 4.69) is 10.1 Å². The van der Waals surface area contributed by atoms with Crippen molar-refractivity contribution in [3.8, 4) is 5.69 Å². The topological polar surface area (TPSA) is 68.0 Å². The second-order valence-corrected chi connectivity index (χ2v) is 4.35. The Labute approximate surface area is 113 Å². The third-order valence-electron chi connectivity index (χ3n) is 2.48. The Kier molecular flexibility index (Phi) is 3.80. The van der Waals surface area contributed by atoms with Crippen LogP contribution in [0, 0.1) is 5.82 Å². The van der Waals surface area contributed by atoms with Gasteiger partial charge in [-0.3, -0.25) is 0 Å². The number of carboxylic acid groups (broad SMARTS) is 1. The Morgan fingerprint density at radius 2 is 2.26 bits per heavy atom. The normalized spacial score (nSPS) is 10.7. The smallest absolute Gasteiger partial charge is 0.375 e. The predicted molar refractivity (Wildman–Crippen MR) is 67.3 cm³/mol. The Bertz CT molecular complexity index is 627. The number of hydrogen-bond donors (Lipinski definition) is 1. The summed E-state index contributed by atoms with van der Waals surface area (Å²) in [5.41, 5.74) is 0.132. The lowest BCUT2D eigenvalue weighted by Gasteiger charge is -2.06. The van der Waals surface area contributed by atoms with E-state index in [0.717, 1.165) is 12.5 Å². The third kappa shape index (κ3) is 2.73. The van der Waals surface area contributed by atoms with Crippen molar-refractivity contribution >= 4 is 17.6 Å². The lowest BCUT2D eigenvalue weighted by atomic mass is 10.3. The van der Waals surface area contributed by atoms with E-state index in [0.29, 0.717) is 12.2 Å². The average Bonchev–Trinajstić information content (AvgIpc) is 2.74. The molecule has 1 heterocycles. The number of carboxylic acids is 1. The second kappa shape index (κ2) is 5.36. The monoisotopic (exact) mass is 283 g/mol. The van der Waals surface area contributed by atoms with Gasteiger partial charge in [-0.15, -0.1) is 5.10 Å². The first kappa shape index (κ1) is 13.5. The number of halogens is 2. The van der Waals surface area contributed by atoms with Crippen molar-refractivity contribution < 1.29 is 14.3 Å². The van der Waals surface area contributed by atoms with Gasteiger partial charge in [-0.25, -0.2) is 18.9 Å². The maximum Gasteiger partial charge on any atom is 0.375 e. The molecule has 0 bridgehead atoms. The highest BCUT2D eigenvalue weighted by Gasteiger charge is 2.18. The molecule has 0 atom stereocenters. The predicted octanol–water partition coefficient (Wildman–Crippen LogP) is 2.71. The van der Waals surface area contributed by atoms with E-state index in [9.17, 15) is 9.18 Å². The summed E-state index contributed by atoms with van der Waals surface area (Å²) >= 11 is 5.68. The minimum Gasteiger partial charge on any atom is -0.475 e. The van der Waals surface area contributed by atoms with Gasteiger partial charge < -0.3 is 5.11 Å². The van der Waals surface area contributed by atoms with Gasteiger partial charge in [0.25, 0.3) is 5.82 Å². The molecule has 0 radical (unpaired) electrons. The molecular weight excluding hydrogens is 273 g/mol. The molecule has 1 aromatic carbocycles. The fraction of sp³-hybridized carbons (Fsp3) is 0.250. The molecule has 2 rings (SSSR count). The second-order valence-electron chi connectivity index (χ2n) is 3.91. The van der Waals surface area contributed by atoms with Gasteiger partial charge in [0.15, 0.2) is 0 Å². The Balaban J connectivity index is 2.56. The molecule has 0 saturated carbocycles. The molecule has 0 aliphatic rings. The zero-order chi connectivity index (χ0) is 14.0. The minimum absolute atomic E-state index is 0.132. The van der Waals surface area contributed by atoms with E-state index in [-0.39, 0.29) is 16.5 Å². The summed E-state index contributed by atoms with van der Waals surface area (Å²) in [6.45, 7) is 1.91. The Morgan fingerprint density at radius 3 is 2.84 bits per heavy atom. The van der Waals surface area contributed by atoms with Gasteiger partial charge in [0.2, 0.25) is 0 Å². The van der Waals surface area contributed by atoms with E-state index >= 15 is 0 Å². The maximum atomic E-state index is 13.8. The standard InChI is InChI=1S/C12H11ClFN3O2/c1-2-3-10-15-11(12(18)19)16-17(10)9-5-4-7(13)6-8(9)14/h4-6H,2-3H2,1H3,(H,18,19). The van der Waals surface area contributed by atoms with Gasteiger partial charge in [0, 0.05) is 11.4 Å². The van der Waals surface area contributed by atoms with Crippen molar-refractivity contribution in [2.45, 2.75) is 19.8 Å². The van der Waals surface area contributed by atoms with Crippen LogP contribution >= 0.6 is 11.6 Å². The highest BCUT2D eigenvalue weighted by Crippen LogP contribution is 2.19. The van der Waals surface area contributed by atoms with E-state index in [1.54, 1.807) is 0 Å². The van der Waals surface area contributed by atoms with Crippen molar-refractivity contribution in [3.63, 3.8) is 0 Å². The summed E-state index contributed by atoms with van der Waals surface area (Å²) in [6, 6.07) is 4.10. The van der Waals surface area contributed by atoms with E-state index < -0.39 is 11.8 Å². The fourth-order valence-electron chi connectivity index (χ4n) is 1.67. The lowest BCUT2D eigenvalue weighted by molar-refractivity contribution is 0.0683. The number of aromatic nitrogens is 3. The molecule has 0 amide bonds. The quantitative estimate of drug-likeness (QED) is 0.937. The van der Waals surface area contributed by atoms with Crippen LogP contribution in [0.15, 0.2) is 18.2 Å². The van der Waals surface area contributed by atoms with Crippen LogP contribution in [0.2, 0.25) is 5.02 Å². The molecule has 19 heavy (non-hydrogen) atoms. The van der Waals surface area contributed by atoms with E-state index in [1.165, 1.54) is 16.8 Å². The number of benzene rings is 1. The van der Waals surface area contributed by atoms with Gasteiger partial charge in [-0.1, -0.05) is 18.5 Å². The van der Waals surface area contributed by atoms with Crippen LogP contribution in [0.1, 0.15) is 29.8 Å². The van der Waals surface area contributed by atoms with Gasteiger partial charge in [0.05, 0.1) is 0 Å². The van der Waals surface area contributed by atoms with Crippen molar-refractivity contribution in [2.75, 3.05) is 0 Å². The molecule has 0 aliphatic heterocycles. The first-order valence-electron chi connectivity index (χ1n) is 5.67. The van der Waals surface area contributed by atoms with Crippen LogP contribution in [0.3, 0.4) is 0 Å². The Morgan fingerprint density at radius 1 is 1.53 bits per heavy atom. The molecule has 5 nitrogen and oxygen atoms in total. The van der Waals surface area contributed by atoms with Crippen molar-refractivity contribution in [1.29, 1.82) is 0 Å². The molecule has 1 N–H and O–H groups in total. The van der Waals surface area contributed by atoms with Crippen LogP contribution < -0.4 is 0 Å². The van der Waals surface area contributed by atoms with Crippen LogP contribution in [-0.2, 0) is 6.42 Å². The molecular formula is C12H11ClFN3O2. The molecule has 0 spiro atoms. The van der Waals surface area contributed by atoms with Gasteiger partial charge in [0.1, 0.15) is 17.3 Å². The largest absolute Gasteiger partial charge is 0.475 e. The van der Waals surface area contributed by atoms with Crippen LogP contribution in [0.25, 0.3) is 5.69 Å². The summed E-state index contributed by atoms with van der Waals surface area (Å²) in [5.74, 6) is -1.77. The third-order valence-corrected chi connectivity index (χ3v) is 2.71. The minimum atomic E-state index is -1.24. The zero-order valence-electron chi connectivity index (χ0n) is 10.1. The molecule has 1 aromatic heterocycles. The summed E-state index contributed by atoms with van der Waals surface area (Å²) in [5, 5.41) is 13.0. The summed E-state index contributed by atoms with van der Waals surface area (Å²) in [4.78, 5) is 14.8. The molecule has 0 unspecified atom stereocenters. The number of hydrogen-bond acceptors (Lipinski definition) is 3. The molecule has 100 valence electrons. The number of rotatable bonds is 4. The average molecular weight is 284 g/mol. The van der Waals surface area contributed by atoms with Crippen molar-refractivity contribution in [1.82, 2.24) is 14.8 Å². The van der Waals surface area contributed by atoms with Gasteiger partial charge in [-0.2, -0.15) is 0 Å². The highest BCUT2D eigenvalue weighted by molar-refractivity contribution is 6.30. The van der Waals surface area contributed by atoms with Crippen LogP contribution in [0.4, 0.5) is 4.39 Å². The molecule has 2 aromatic rings. The first-order valence-corrected chi connectivity index (χ1v) is 6.05. The van der Waals surface area contributed by atoms with Crippen LogP contribution in [0.5, 0.6) is 0 Å². The lowest BCUT2D eigenvalue weighted by Crippen LogP contribution is -2.06. The zero-order valence-corrected chi connectivity index (χ0v) is 10.9. The molecule has 0 saturated heterocycles. The molecule has 0 aliphatic carbocycles. The molecule has 7 heteroatoms. The SMILES string of the molecule is CCCc1nc(C(=O)O)nn1-c1ccc(Cl)cc1F. The van der Waals surface area contributed by atoms with E-state index in [4.69, 9.17) is 16.7 Å². The summed E-state index contributed by atoms with van der Waals surface area (Å²) < 4.78 is 15.1. The van der Waals surface area contributed by atoms with Crippen LogP contribution in [-0.4, -0.2) is 25.8 Å². The summed E-state index contributed by atoms with van der Waals surface area (Å²) in [7, 11) is 0. The summed E-state index contributed by atoms with van der Waals surface area (Å²) in [6.07, 6.45) is 1.25. The van der Waals surface area contributed by atoms with E-state index in [1.807, 2.05) is 6.92 Å². The number of nitrogens with zero attached hydrogens (tertiary/aromatic N) is 3. The number of aromatic carboxylic acids is 1. The number of carbonyl (C=O) groups is 1. The van der Waals surface area contributed by atoms with Crippen molar-refractivity contribution in [2.24, 2.45) is 0 Å².